The van der Waals surface area contributed by atoms with Crippen molar-refractivity contribution in [3.63, 3.8) is 0 Å². The molecule has 0 aliphatic heterocycles. The first kappa shape index (κ1) is 38.2. The molecular formula is C16H6N2O13Zn3. The number of hydrogen-bond acceptors (Lipinski definition) is 12. The van der Waals surface area contributed by atoms with Crippen LogP contribution in [0.25, 0.3) is 0 Å². The van der Waals surface area contributed by atoms with Gasteiger partial charge in [-0.1, -0.05) is 0 Å². The van der Waals surface area contributed by atoms with Crippen LogP contribution < -0.4 is 20.4 Å². The molecule has 0 unspecified atom stereocenters. The van der Waals surface area contributed by atoms with Crippen molar-refractivity contribution in [2.45, 2.75) is 0 Å². The minimum atomic E-state index is -1.69. The van der Waals surface area contributed by atoms with Crippen LogP contribution in [0.3, 0.4) is 0 Å². The molecule has 15 nitrogen and oxygen atoms in total. The van der Waals surface area contributed by atoms with E-state index in [-0.39, 0.29) is 63.9 Å². The van der Waals surface area contributed by atoms with E-state index < -0.39 is 67.4 Å². The predicted molar refractivity (Wildman–Crippen MR) is 84.2 cm³/mol. The van der Waals surface area contributed by atoms with Gasteiger partial charge >= 0.3 is 58.4 Å². The Morgan fingerprint density at radius 3 is 0.794 bits per heavy atom. The number of carboxylic acids is 4. The van der Waals surface area contributed by atoms with Gasteiger partial charge in [-0.25, -0.2) is 0 Å². The zero-order valence-corrected chi connectivity index (χ0v) is 25.7. The summed E-state index contributed by atoms with van der Waals surface area (Å²) >= 11 is 0. The Bertz CT molecular complexity index is 848. The maximum Gasteiger partial charge on any atom is 2.00 e. The van der Waals surface area contributed by atoms with Crippen molar-refractivity contribution >= 4 is 35.3 Å². The Morgan fingerprint density at radius 1 is 0.500 bits per heavy atom. The Hall–Kier alpha value is -3.05. The van der Waals surface area contributed by atoms with Gasteiger partial charge in [0.1, 0.15) is 0 Å². The van der Waals surface area contributed by atoms with E-state index >= 15 is 0 Å². The van der Waals surface area contributed by atoms with E-state index in [1.54, 1.807) is 0 Å². The second-order valence-electron chi connectivity index (χ2n) is 5.20. The molecule has 0 aromatic heterocycles. The van der Waals surface area contributed by atoms with Crippen LogP contribution in [0.1, 0.15) is 41.4 Å². The second kappa shape index (κ2) is 16.5. The van der Waals surface area contributed by atoms with Crippen molar-refractivity contribution in [2.24, 2.45) is 0 Å². The zero-order valence-electron chi connectivity index (χ0n) is 16.8. The molecule has 164 valence electrons. The summed E-state index contributed by atoms with van der Waals surface area (Å²) in [5, 5.41) is 62.3. The van der Waals surface area contributed by atoms with Gasteiger partial charge in [0.2, 0.25) is 0 Å². The van der Waals surface area contributed by atoms with Crippen molar-refractivity contribution in [1.29, 1.82) is 0 Å². The summed E-state index contributed by atoms with van der Waals surface area (Å²) in [5.74, 6) is -6.77. The van der Waals surface area contributed by atoms with E-state index in [1.807, 2.05) is 0 Å². The molecule has 0 spiro atoms. The van der Waals surface area contributed by atoms with Gasteiger partial charge in [0.05, 0.1) is 33.7 Å². The zero-order chi connectivity index (χ0) is 23.2. The number of non-ortho nitro benzene ring substituents is 2. The molecule has 0 N–H and O–H groups in total. The van der Waals surface area contributed by atoms with Crippen LogP contribution in [0.2, 0.25) is 0 Å². The van der Waals surface area contributed by atoms with Gasteiger partial charge in [-0.3, -0.25) is 20.2 Å². The minimum absolute atomic E-state index is 0. The number of nitro groups is 2. The molecule has 0 fully saturated rings. The van der Waals surface area contributed by atoms with E-state index in [4.69, 9.17) is 0 Å². The first-order chi connectivity index (χ1) is 13.8. The van der Waals surface area contributed by atoms with Crippen molar-refractivity contribution in [3.05, 3.63) is 78.9 Å². The molecule has 0 bridgehead atoms. The molecule has 2 aromatic rings. The third-order valence-corrected chi connectivity index (χ3v) is 3.20. The fraction of sp³-hybridized carbons (Fsp3) is 0. The van der Waals surface area contributed by atoms with Crippen molar-refractivity contribution in [1.82, 2.24) is 0 Å². The summed E-state index contributed by atoms with van der Waals surface area (Å²) in [5.41, 5.74) is -3.61. The maximum absolute atomic E-state index is 10.4. The van der Waals surface area contributed by atoms with Crippen LogP contribution >= 0.6 is 0 Å². The average Bonchev–Trinajstić information content (AvgIpc) is 2.67. The topological polar surface area (TPSA) is 275 Å². The van der Waals surface area contributed by atoms with Gasteiger partial charge in [0.25, 0.3) is 11.4 Å². The molecule has 34 heavy (non-hydrogen) atoms. The second-order valence-corrected chi connectivity index (χ2v) is 5.20. The Morgan fingerprint density at radius 2 is 0.676 bits per heavy atom. The van der Waals surface area contributed by atoms with E-state index in [0.29, 0.717) is 24.3 Å². The van der Waals surface area contributed by atoms with Gasteiger partial charge in [-0.05, 0) is 12.1 Å². The van der Waals surface area contributed by atoms with Gasteiger partial charge in [-0.2, -0.15) is 0 Å². The van der Waals surface area contributed by atoms with Gasteiger partial charge < -0.3 is 45.1 Å². The molecule has 0 heterocycles. The van der Waals surface area contributed by atoms with Crippen molar-refractivity contribution in [3.8, 4) is 0 Å². The summed E-state index contributed by atoms with van der Waals surface area (Å²) in [6.45, 7) is 0. The number of aromatic carboxylic acids is 4. The molecular weight excluding hydrogens is 624 g/mol. The fourth-order valence-corrected chi connectivity index (χ4v) is 1.90. The van der Waals surface area contributed by atoms with Gasteiger partial charge in [-0.15, -0.1) is 0 Å². The van der Waals surface area contributed by atoms with Crippen molar-refractivity contribution in [2.75, 3.05) is 0 Å². The third-order valence-electron chi connectivity index (χ3n) is 3.20. The standard InChI is InChI=1S/2C8H5NO6.O.3Zn/c2*10-7(11)4-1-5(8(12)13)3-6(2-4)9(14)15;;;;/h2*1-3H,(H,10,11)(H,12,13);;;;/q;;-2;3*+2/p-4. The Balaban J connectivity index is -0.000000237. The van der Waals surface area contributed by atoms with E-state index in [0.717, 1.165) is 12.1 Å². The van der Waals surface area contributed by atoms with Crippen LogP contribution in [0.4, 0.5) is 11.4 Å². The maximum atomic E-state index is 10.4. The molecule has 0 saturated carbocycles. The molecule has 18 heteroatoms. The Labute approximate surface area is 226 Å². The number of carbonyl (C=O) groups is 4. The van der Waals surface area contributed by atoms with Crippen LogP contribution in [-0.4, -0.2) is 33.7 Å². The van der Waals surface area contributed by atoms with E-state index in [1.165, 1.54) is 0 Å². The van der Waals surface area contributed by atoms with Crippen LogP contribution in [0.5, 0.6) is 0 Å². The first-order valence-electron chi connectivity index (χ1n) is 7.27. The van der Waals surface area contributed by atoms with Crippen LogP contribution in [-0.2, 0) is 63.9 Å². The third kappa shape index (κ3) is 11.2. The van der Waals surface area contributed by atoms with Crippen LogP contribution in [0.15, 0.2) is 36.4 Å². The fourth-order valence-electron chi connectivity index (χ4n) is 1.90. The quantitative estimate of drug-likeness (QED) is 0.171. The molecule has 0 radical (unpaired) electrons. The number of nitrogens with zero attached hydrogens (tertiary/aromatic N) is 2. The number of hydrogen-bond donors (Lipinski definition) is 0. The number of nitro benzene ring substituents is 2. The largest absolute Gasteiger partial charge is 2.00 e. The monoisotopic (exact) mass is 626 g/mol. The molecule has 2 rings (SSSR count). The van der Waals surface area contributed by atoms with Gasteiger partial charge in [0, 0.05) is 46.5 Å². The Kier molecular flexibility index (Phi) is 18.6. The average molecular weight is 630 g/mol. The number of rotatable bonds is 6. The predicted octanol–water partition coefficient (Wildman–Crippen LogP) is -3.48. The summed E-state index contributed by atoms with van der Waals surface area (Å²) in [4.78, 5) is 60.5. The molecule has 0 atom stereocenters. The smallest absolute Gasteiger partial charge is 2.00 e. The SMILES string of the molecule is O=C([O-])c1cc(C(=O)[O-])cc([N+](=O)[O-])c1.O=C([O-])c1cc(C(=O)[O-])cc([N+](=O)[O-])c1.[O-2].[Zn+2].[Zn+2].[Zn+2]. The molecule has 0 amide bonds. The molecule has 0 saturated heterocycles. The number of carboxylic acid groups (broad SMARTS) is 4. The normalized spacial score (nSPS) is 8.47. The molecule has 0 aliphatic rings. The minimum Gasteiger partial charge on any atom is -2.00 e. The number of benzene rings is 2. The summed E-state index contributed by atoms with van der Waals surface area (Å²) < 4.78 is 0. The molecule has 2 aromatic carbocycles. The number of carbonyl (C=O) groups excluding carboxylic acids is 4. The van der Waals surface area contributed by atoms with E-state index in [9.17, 15) is 59.8 Å². The first-order valence-corrected chi connectivity index (χ1v) is 7.27. The summed E-state index contributed by atoms with van der Waals surface area (Å²) in [7, 11) is 0. The van der Waals surface area contributed by atoms with E-state index in [2.05, 4.69) is 0 Å². The molecule has 0 aliphatic carbocycles. The van der Waals surface area contributed by atoms with Crippen LogP contribution in [0, 0.1) is 20.2 Å². The summed E-state index contributed by atoms with van der Waals surface area (Å²) in [6, 6.07) is 4.31. The summed E-state index contributed by atoms with van der Waals surface area (Å²) in [6.07, 6.45) is 0. The van der Waals surface area contributed by atoms with Crippen molar-refractivity contribution < 1.29 is 113 Å². The van der Waals surface area contributed by atoms with Gasteiger partial charge in [0.15, 0.2) is 0 Å².